The summed E-state index contributed by atoms with van der Waals surface area (Å²) in [7, 11) is 6.31. The smallest absolute Gasteiger partial charge is 0.305 e. The van der Waals surface area contributed by atoms with Crippen LogP contribution in [-0.2, 0) is 14.3 Å². The van der Waals surface area contributed by atoms with Gasteiger partial charge in [-0.2, -0.15) is 0 Å². The summed E-state index contributed by atoms with van der Waals surface area (Å²) in [6.45, 7) is 2.90. The lowest BCUT2D eigenvalue weighted by atomic mass is 10.5. The van der Waals surface area contributed by atoms with Crippen molar-refractivity contribution in [3.8, 4) is 0 Å². The molecule has 0 rings (SSSR count). The second kappa shape index (κ2) is 7.62. The van der Waals surface area contributed by atoms with Crippen LogP contribution in [0.3, 0.4) is 0 Å². The predicted molar refractivity (Wildman–Crippen MR) is 56.8 cm³/mol. The highest BCUT2D eigenvalue weighted by atomic mass is 16.5. The van der Waals surface area contributed by atoms with Crippen LogP contribution in [0.2, 0.25) is 0 Å². The zero-order valence-corrected chi connectivity index (χ0v) is 9.86. The van der Waals surface area contributed by atoms with Gasteiger partial charge in [-0.05, 0) is 0 Å². The molecule has 5 nitrogen and oxygen atoms in total. The number of hydrogen-bond donors (Lipinski definition) is 1. The fraction of sp³-hybridized carbons (Fsp3) is 0.900. The van der Waals surface area contributed by atoms with Gasteiger partial charge in [0.2, 0.25) is 0 Å². The van der Waals surface area contributed by atoms with E-state index < -0.39 is 5.97 Å². The van der Waals surface area contributed by atoms with Crippen LogP contribution in [0.1, 0.15) is 6.42 Å². The maximum Gasteiger partial charge on any atom is 0.305 e. The molecule has 0 aliphatic rings. The van der Waals surface area contributed by atoms with Gasteiger partial charge in [-0.25, -0.2) is 0 Å². The molecule has 15 heavy (non-hydrogen) atoms. The van der Waals surface area contributed by atoms with Gasteiger partial charge in [-0.15, -0.1) is 0 Å². The van der Waals surface area contributed by atoms with E-state index in [0.29, 0.717) is 19.8 Å². The first-order valence-electron chi connectivity index (χ1n) is 5.09. The lowest BCUT2D eigenvalue weighted by molar-refractivity contribution is -0.870. The second-order valence-electron chi connectivity index (χ2n) is 4.38. The van der Waals surface area contributed by atoms with Crippen LogP contribution >= 0.6 is 0 Å². The molecule has 0 saturated carbocycles. The maximum absolute atomic E-state index is 10.1. The Morgan fingerprint density at radius 3 is 2.07 bits per heavy atom. The van der Waals surface area contributed by atoms with Crippen molar-refractivity contribution in [3.05, 3.63) is 0 Å². The number of aliphatic carboxylic acids is 1. The van der Waals surface area contributed by atoms with Crippen LogP contribution in [0.5, 0.6) is 0 Å². The largest absolute Gasteiger partial charge is 0.481 e. The lowest BCUT2D eigenvalue weighted by Gasteiger charge is -2.23. The molecule has 5 heteroatoms. The van der Waals surface area contributed by atoms with Crippen LogP contribution in [0.4, 0.5) is 0 Å². The Morgan fingerprint density at radius 2 is 1.60 bits per heavy atom. The molecule has 90 valence electrons. The molecule has 0 radical (unpaired) electrons. The van der Waals surface area contributed by atoms with Gasteiger partial charge in [0, 0.05) is 0 Å². The van der Waals surface area contributed by atoms with Crippen molar-refractivity contribution in [3.63, 3.8) is 0 Å². The van der Waals surface area contributed by atoms with Crippen molar-refractivity contribution in [2.75, 3.05) is 54.1 Å². The molecule has 0 atom stereocenters. The van der Waals surface area contributed by atoms with E-state index in [4.69, 9.17) is 14.6 Å². The van der Waals surface area contributed by atoms with Gasteiger partial charge in [0.1, 0.15) is 6.54 Å². The molecule has 0 heterocycles. The molecule has 0 unspecified atom stereocenters. The molecule has 0 saturated heterocycles. The summed E-state index contributed by atoms with van der Waals surface area (Å²) >= 11 is 0. The molecule has 1 N–H and O–H groups in total. The Labute approximate surface area is 91.2 Å². The zero-order chi connectivity index (χ0) is 11.7. The quantitative estimate of drug-likeness (QED) is 0.445. The number of carbonyl (C=O) groups is 1. The summed E-state index contributed by atoms with van der Waals surface area (Å²) in [4.78, 5) is 10.1. The van der Waals surface area contributed by atoms with Crippen molar-refractivity contribution >= 4 is 5.97 Å². The minimum atomic E-state index is -0.832. The third-order valence-electron chi connectivity index (χ3n) is 1.74. The van der Waals surface area contributed by atoms with E-state index in [0.717, 1.165) is 11.0 Å². The molecule has 0 amide bonds. The van der Waals surface area contributed by atoms with Crippen molar-refractivity contribution in [2.45, 2.75) is 6.42 Å². The monoisotopic (exact) mass is 220 g/mol. The highest BCUT2D eigenvalue weighted by Crippen LogP contribution is 1.89. The molecular formula is C10H22NO4+. The number of likely N-dealkylation sites (N-methyl/N-ethyl adjacent to an activating group) is 1. The molecule has 0 aliphatic carbocycles. The second-order valence-corrected chi connectivity index (χ2v) is 4.38. The highest BCUT2D eigenvalue weighted by molar-refractivity contribution is 5.66. The first-order valence-corrected chi connectivity index (χ1v) is 5.09. The maximum atomic E-state index is 10.1. The summed E-state index contributed by atoms with van der Waals surface area (Å²) in [5.74, 6) is -0.832. The van der Waals surface area contributed by atoms with E-state index in [-0.39, 0.29) is 13.0 Å². The number of rotatable bonds is 9. The van der Waals surface area contributed by atoms with Gasteiger partial charge in [-0.1, -0.05) is 0 Å². The first-order chi connectivity index (χ1) is 6.92. The van der Waals surface area contributed by atoms with Crippen LogP contribution < -0.4 is 0 Å². The molecule has 0 aromatic rings. The van der Waals surface area contributed by atoms with Crippen molar-refractivity contribution in [2.24, 2.45) is 0 Å². The predicted octanol–water partition coefficient (Wildman–Crippen LogP) is 0.201. The first kappa shape index (κ1) is 14.3. The summed E-state index contributed by atoms with van der Waals surface area (Å²) in [5.41, 5.74) is 0. The molecule has 0 aromatic heterocycles. The number of nitrogens with zero attached hydrogens (tertiary/aromatic N) is 1. The van der Waals surface area contributed by atoms with Gasteiger partial charge in [0.15, 0.2) is 0 Å². The summed E-state index contributed by atoms with van der Waals surface area (Å²) in [6, 6.07) is 0. The van der Waals surface area contributed by atoms with Crippen molar-refractivity contribution < 1.29 is 23.9 Å². The fourth-order valence-corrected chi connectivity index (χ4v) is 0.820. The van der Waals surface area contributed by atoms with Gasteiger partial charge in [0.05, 0.1) is 54.0 Å². The van der Waals surface area contributed by atoms with Crippen molar-refractivity contribution in [1.82, 2.24) is 0 Å². The number of hydrogen-bond acceptors (Lipinski definition) is 3. The number of carboxylic acids is 1. The normalized spacial score (nSPS) is 11.7. The van der Waals surface area contributed by atoms with Crippen LogP contribution in [0, 0.1) is 0 Å². The number of ether oxygens (including phenoxy) is 2. The van der Waals surface area contributed by atoms with E-state index in [2.05, 4.69) is 21.1 Å². The van der Waals surface area contributed by atoms with E-state index >= 15 is 0 Å². The van der Waals surface area contributed by atoms with Crippen molar-refractivity contribution in [1.29, 1.82) is 0 Å². The van der Waals surface area contributed by atoms with Gasteiger partial charge < -0.3 is 19.1 Å². The Balaban J connectivity index is 3.09. The Bertz CT molecular complexity index is 177. The Kier molecular flexibility index (Phi) is 7.29. The van der Waals surface area contributed by atoms with Crippen LogP contribution in [-0.4, -0.2) is 69.7 Å². The zero-order valence-electron chi connectivity index (χ0n) is 9.86. The SMILES string of the molecule is C[N+](C)(C)CCOCCOCCC(=O)O. The third-order valence-corrected chi connectivity index (χ3v) is 1.74. The van der Waals surface area contributed by atoms with E-state index in [1.807, 2.05) is 0 Å². The molecule has 0 aliphatic heterocycles. The summed E-state index contributed by atoms with van der Waals surface area (Å²) in [5, 5.41) is 8.33. The molecule has 0 aromatic carbocycles. The average Bonchev–Trinajstić information content (AvgIpc) is 2.07. The highest BCUT2D eigenvalue weighted by Gasteiger charge is 2.05. The molecule has 0 fully saturated rings. The average molecular weight is 220 g/mol. The molecule has 0 spiro atoms. The van der Waals surface area contributed by atoms with Gasteiger partial charge in [-0.3, -0.25) is 4.79 Å². The van der Waals surface area contributed by atoms with E-state index in [1.165, 1.54) is 0 Å². The lowest BCUT2D eigenvalue weighted by Crippen LogP contribution is -2.37. The summed E-state index contributed by atoms with van der Waals surface area (Å²) < 4.78 is 11.3. The van der Waals surface area contributed by atoms with E-state index in [9.17, 15) is 4.79 Å². The fourth-order valence-electron chi connectivity index (χ4n) is 0.820. The molecule has 0 bridgehead atoms. The Morgan fingerprint density at radius 1 is 1.07 bits per heavy atom. The Hall–Kier alpha value is -0.650. The standard InChI is InChI=1S/C10H21NO4/c1-11(2,3)5-7-15-9-8-14-6-4-10(12)13/h4-9H2,1-3H3/p+1. The third kappa shape index (κ3) is 13.3. The van der Waals surface area contributed by atoms with Gasteiger partial charge >= 0.3 is 5.97 Å². The molecular weight excluding hydrogens is 198 g/mol. The summed E-state index contributed by atoms with van der Waals surface area (Å²) in [6.07, 6.45) is 0.0544. The van der Waals surface area contributed by atoms with E-state index in [1.54, 1.807) is 0 Å². The minimum absolute atomic E-state index is 0.0544. The number of carboxylic acid groups (broad SMARTS) is 1. The van der Waals surface area contributed by atoms with Gasteiger partial charge in [0.25, 0.3) is 0 Å². The van der Waals surface area contributed by atoms with Crippen LogP contribution in [0.25, 0.3) is 0 Å². The number of quaternary nitrogens is 1. The topological polar surface area (TPSA) is 55.8 Å². The van der Waals surface area contributed by atoms with Crippen LogP contribution in [0.15, 0.2) is 0 Å². The minimum Gasteiger partial charge on any atom is -0.481 e.